The molecule has 0 amide bonds. The van der Waals surface area contributed by atoms with E-state index < -0.39 is 0 Å². The molecule has 1 aromatic carbocycles. The zero-order chi connectivity index (χ0) is 8.39. The van der Waals surface area contributed by atoms with Crippen molar-refractivity contribution in [1.82, 2.24) is 0 Å². The Morgan fingerprint density at radius 2 is 1.92 bits per heavy atom. The Kier molecular flexibility index (Phi) is 1.86. The standard InChI is InChI=1S/C11H13N/c1-10-6-5-9-12(10)11-7-3-2-4-8-11/h2-4,6-8H,5,9H2,1H3. The van der Waals surface area contributed by atoms with Crippen molar-refractivity contribution in [2.24, 2.45) is 0 Å². The minimum absolute atomic E-state index is 1.13. The molecule has 0 atom stereocenters. The van der Waals surface area contributed by atoms with Crippen LogP contribution in [0, 0.1) is 0 Å². The first-order chi connectivity index (χ1) is 5.88. The van der Waals surface area contributed by atoms with E-state index in [0.29, 0.717) is 0 Å². The van der Waals surface area contributed by atoms with Crippen molar-refractivity contribution in [2.45, 2.75) is 13.3 Å². The Hall–Kier alpha value is -1.24. The average molecular weight is 159 g/mol. The Bertz CT molecular complexity index is 287. The number of allylic oxidation sites excluding steroid dienone is 1. The van der Waals surface area contributed by atoms with Crippen LogP contribution in [0.3, 0.4) is 0 Å². The molecular weight excluding hydrogens is 146 g/mol. The van der Waals surface area contributed by atoms with Gasteiger partial charge < -0.3 is 4.90 Å². The van der Waals surface area contributed by atoms with Gasteiger partial charge in [-0.2, -0.15) is 0 Å². The van der Waals surface area contributed by atoms with Crippen LogP contribution in [0.1, 0.15) is 13.3 Å². The summed E-state index contributed by atoms with van der Waals surface area (Å²) in [6.07, 6.45) is 3.47. The lowest BCUT2D eigenvalue weighted by atomic mass is 10.3. The Morgan fingerprint density at radius 1 is 1.17 bits per heavy atom. The molecule has 2 rings (SSSR count). The summed E-state index contributed by atoms with van der Waals surface area (Å²) in [5.74, 6) is 0. The van der Waals surface area contributed by atoms with E-state index in [1.165, 1.54) is 17.8 Å². The topological polar surface area (TPSA) is 3.24 Å². The summed E-state index contributed by atoms with van der Waals surface area (Å²) in [6.45, 7) is 3.30. The fourth-order valence-corrected chi connectivity index (χ4v) is 1.63. The van der Waals surface area contributed by atoms with Gasteiger partial charge in [-0.1, -0.05) is 24.3 Å². The molecule has 1 aliphatic heterocycles. The first-order valence-electron chi connectivity index (χ1n) is 4.37. The second-order valence-corrected chi connectivity index (χ2v) is 3.12. The van der Waals surface area contributed by atoms with Crippen LogP contribution in [0.15, 0.2) is 42.1 Å². The summed E-state index contributed by atoms with van der Waals surface area (Å²) < 4.78 is 0. The van der Waals surface area contributed by atoms with E-state index in [1.807, 2.05) is 0 Å². The summed E-state index contributed by atoms with van der Waals surface area (Å²) in [5.41, 5.74) is 2.69. The molecule has 0 fully saturated rings. The van der Waals surface area contributed by atoms with Crippen LogP contribution >= 0.6 is 0 Å². The van der Waals surface area contributed by atoms with Crippen molar-refractivity contribution in [1.29, 1.82) is 0 Å². The largest absolute Gasteiger partial charge is 0.345 e. The number of nitrogens with zero attached hydrogens (tertiary/aromatic N) is 1. The van der Waals surface area contributed by atoms with Gasteiger partial charge in [-0.25, -0.2) is 0 Å². The molecule has 0 saturated carbocycles. The zero-order valence-corrected chi connectivity index (χ0v) is 7.33. The van der Waals surface area contributed by atoms with E-state index in [0.717, 1.165) is 6.54 Å². The molecule has 1 aliphatic rings. The normalized spacial score (nSPS) is 16.4. The molecule has 0 unspecified atom stereocenters. The Balaban J connectivity index is 2.27. The first kappa shape index (κ1) is 7.41. The minimum Gasteiger partial charge on any atom is -0.345 e. The van der Waals surface area contributed by atoms with Crippen molar-refractivity contribution in [3.8, 4) is 0 Å². The molecule has 1 heteroatoms. The highest BCUT2D eigenvalue weighted by Crippen LogP contribution is 2.22. The number of hydrogen-bond donors (Lipinski definition) is 0. The third-order valence-corrected chi connectivity index (χ3v) is 2.29. The number of benzene rings is 1. The molecule has 0 aliphatic carbocycles. The summed E-state index contributed by atoms with van der Waals surface area (Å²) in [6, 6.07) is 10.5. The van der Waals surface area contributed by atoms with Gasteiger partial charge >= 0.3 is 0 Å². The van der Waals surface area contributed by atoms with E-state index >= 15 is 0 Å². The van der Waals surface area contributed by atoms with Gasteiger partial charge in [0, 0.05) is 17.9 Å². The van der Waals surface area contributed by atoms with Crippen molar-refractivity contribution in [3.05, 3.63) is 42.1 Å². The number of anilines is 1. The second kappa shape index (κ2) is 3.02. The smallest absolute Gasteiger partial charge is 0.0408 e. The van der Waals surface area contributed by atoms with Crippen LogP contribution in [-0.2, 0) is 0 Å². The van der Waals surface area contributed by atoms with Crippen LogP contribution in [0.5, 0.6) is 0 Å². The maximum atomic E-state index is 2.35. The van der Waals surface area contributed by atoms with Gasteiger partial charge in [-0.05, 0) is 25.5 Å². The van der Waals surface area contributed by atoms with E-state index in [1.54, 1.807) is 0 Å². The van der Waals surface area contributed by atoms with Crippen LogP contribution in [0.4, 0.5) is 5.69 Å². The van der Waals surface area contributed by atoms with Gasteiger partial charge in [0.2, 0.25) is 0 Å². The zero-order valence-electron chi connectivity index (χ0n) is 7.33. The summed E-state index contributed by atoms with van der Waals surface area (Å²) >= 11 is 0. The van der Waals surface area contributed by atoms with Crippen LogP contribution in [0.2, 0.25) is 0 Å². The van der Waals surface area contributed by atoms with Gasteiger partial charge in [0.1, 0.15) is 0 Å². The van der Waals surface area contributed by atoms with Crippen molar-refractivity contribution in [2.75, 3.05) is 11.4 Å². The maximum absolute atomic E-state index is 2.35. The molecule has 12 heavy (non-hydrogen) atoms. The minimum atomic E-state index is 1.13. The van der Waals surface area contributed by atoms with Gasteiger partial charge in [-0.15, -0.1) is 0 Å². The number of hydrogen-bond acceptors (Lipinski definition) is 1. The maximum Gasteiger partial charge on any atom is 0.0408 e. The third kappa shape index (κ3) is 1.22. The first-order valence-corrected chi connectivity index (χ1v) is 4.37. The van der Waals surface area contributed by atoms with Crippen molar-refractivity contribution < 1.29 is 0 Å². The van der Waals surface area contributed by atoms with Gasteiger partial charge in [-0.3, -0.25) is 0 Å². The quantitative estimate of drug-likeness (QED) is 0.609. The monoisotopic (exact) mass is 159 g/mol. The summed E-state index contributed by atoms with van der Waals surface area (Å²) in [4.78, 5) is 2.35. The highest BCUT2D eigenvalue weighted by atomic mass is 15.1. The molecule has 62 valence electrons. The number of rotatable bonds is 1. The highest BCUT2D eigenvalue weighted by molar-refractivity contribution is 5.52. The molecule has 0 radical (unpaired) electrons. The van der Waals surface area contributed by atoms with E-state index in [-0.39, 0.29) is 0 Å². The molecular formula is C11H13N. The van der Waals surface area contributed by atoms with Gasteiger partial charge in [0.15, 0.2) is 0 Å². The molecule has 1 aromatic rings. The molecule has 0 saturated heterocycles. The van der Waals surface area contributed by atoms with E-state index in [9.17, 15) is 0 Å². The Morgan fingerprint density at radius 3 is 2.50 bits per heavy atom. The highest BCUT2D eigenvalue weighted by Gasteiger charge is 2.11. The van der Waals surface area contributed by atoms with Crippen LogP contribution in [0.25, 0.3) is 0 Å². The SMILES string of the molecule is CC1=CCCN1c1ccccc1. The molecule has 1 heterocycles. The molecule has 0 bridgehead atoms. The Labute approximate surface area is 73.3 Å². The van der Waals surface area contributed by atoms with Crippen molar-refractivity contribution >= 4 is 5.69 Å². The lowest BCUT2D eigenvalue weighted by Gasteiger charge is -2.19. The van der Waals surface area contributed by atoms with E-state index in [2.05, 4.69) is 48.2 Å². The second-order valence-electron chi connectivity index (χ2n) is 3.12. The van der Waals surface area contributed by atoms with Gasteiger partial charge in [0.25, 0.3) is 0 Å². The van der Waals surface area contributed by atoms with E-state index in [4.69, 9.17) is 0 Å². The number of para-hydroxylation sites is 1. The third-order valence-electron chi connectivity index (χ3n) is 2.29. The van der Waals surface area contributed by atoms with Crippen molar-refractivity contribution in [3.63, 3.8) is 0 Å². The predicted octanol–water partition coefficient (Wildman–Crippen LogP) is 2.80. The van der Waals surface area contributed by atoms with Crippen LogP contribution < -0.4 is 4.90 Å². The molecule has 1 nitrogen and oxygen atoms in total. The summed E-state index contributed by atoms with van der Waals surface area (Å²) in [5, 5.41) is 0. The average Bonchev–Trinajstić information content (AvgIpc) is 2.53. The molecule has 0 aromatic heterocycles. The van der Waals surface area contributed by atoms with Gasteiger partial charge in [0.05, 0.1) is 0 Å². The predicted molar refractivity (Wildman–Crippen MR) is 52.2 cm³/mol. The fourth-order valence-electron chi connectivity index (χ4n) is 1.63. The fraction of sp³-hybridized carbons (Fsp3) is 0.273. The molecule has 0 N–H and O–H groups in total. The lowest BCUT2D eigenvalue weighted by Crippen LogP contribution is -2.16. The molecule has 0 spiro atoms. The summed E-state index contributed by atoms with van der Waals surface area (Å²) in [7, 11) is 0. The lowest BCUT2D eigenvalue weighted by molar-refractivity contribution is 0.968. The van der Waals surface area contributed by atoms with Crippen LogP contribution in [-0.4, -0.2) is 6.54 Å².